The molecule has 0 amide bonds. The summed E-state index contributed by atoms with van der Waals surface area (Å²) in [4.78, 5) is 0. The number of allylic oxidation sites excluding steroid dienone is 5. The average molecular weight is 306 g/mol. The molecule has 2 nitrogen and oxygen atoms in total. The Bertz CT molecular complexity index is 437. The molecule has 0 saturated carbocycles. The molecule has 1 aliphatic rings. The molecule has 0 fully saturated rings. The lowest BCUT2D eigenvalue weighted by Gasteiger charge is -2.36. The summed E-state index contributed by atoms with van der Waals surface area (Å²) in [6, 6.07) is 0. The summed E-state index contributed by atoms with van der Waals surface area (Å²) in [5.41, 5.74) is 3.01. The van der Waals surface area contributed by atoms with Crippen molar-refractivity contribution in [3.8, 4) is 0 Å². The van der Waals surface area contributed by atoms with Gasteiger partial charge in [-0.1, -0.05) is 34.9 Å². The van der Waals surface area contributed by atoms with Gasteiger partial charge in [-0.15, -0.1) is 0 Å². The van der Waals surface area contributed by atoms with Gasteiger partial charge in [-0.3, -0.25) is 0 Å². The van der Waals surface area contributed by atoms with E-state index in [1.165, 1.54) is 16.7 Å². The van der Waals surface area contributed by atoms with Gasteiger partial charge < -0.3 is 10.2 Å². The molecule has 2 heteroatoms. The van der Waals surface area contributed by atoms with E-state index in [0.29, 0.717) is 6.42 Å². The van der Waals surface area contributed by atoms with Crippen molar-refractivity contribution in [2.75, 3.05) is 0 Å². The van der Waals surface area contributed by atoms with E-state index in [1.807, 2.05) is 13.0 Å². The number of aliphatic hydroxyl groups excluding tert-OH is 1. The highest BCUT2D eigenvalue weighted by molar-refractivity contribution is 5.10. The standard InChI is InChI=1S/C20H34O2/c1-15(2)8-7-13-20(5,22)18-12-11-16(3)9-6-10-17(4)14-19(18)21/h8-9,14,18-19,21-22H,6-7,10-13H2,1-5H3. The number of aliphatic hydroxyl groups is 2. The third-order valence-electron chi connectivity index (χ3n) is 4.75. The third-order valence-corrected chi connectivity index (χ3v) is 4.75. The van der Waals surface area contributed by atoms with Gasteiger partial charge in [-0.2, -0.15) is 0 Å². The van der Waals surface area contributed by atoms with Crippen molar-refractivity contribution < 1.29 is 10.2 Å². The van der Waals surface area contributed by atoms with Crippen LogP contribution in [0.1, 0.15) is 73.1 Å². The fourth-order valence-electron chi connectivity index (χ4n) is 3.21. The van der Waals surface area contributed by atoms with Gasteiger partial charge in [0.15, 0.2) is 0 Å². The highest BCUT2D eigenvalue weighted by Crippen LogP contribution is 2.33. The summed E-state index contributed by atoms with van der Waals surface area (Å²) in [6.45, 7) is 10.3. The Kier molecular flexibility index (Phi) is 7.58. The molecule has 0 saturated heterocycles. The van der Waals surface area contributed by atoms with Crippen molar-refractivity contribution >= 4 is 0 Å². The first kappa shape index (κ1) is 19.2. The van der Waals surface area contributed by atoms with E-state index in [1.54, 1.807) is 0 Å². The number of hydrogen-bond acceptors (Lipinski definition) is 2. The fourth-order valence-corrected chi connectivity index (χ4v) is 3.21. The Morgan fingerprint density at radius 1 is 1.27 bits per heavy atom. The van der Waals surface area contributed by atoms with E-state index in [-0.39, 0.29) is 5.92 Å². The smallest absolute Gasteiger partial charge is 0.0779 e. The van der Waals surface area contributed by atoms with Gasteiger partial charge >= 0.3 is 0 Å². The van der Waals surface area contributed by atoms with Gasteiger partial charge in [0, 0.05) is 5.92 Å². The summed E-state index contributed by atoms with van der Waals surface area (Å²) in [6.07, 6.45) is 11.2. The summed E-state index contributed by atoms with van der Waals surface area (Å²) in [7, 11) is 0. The second-order valence-electron chi connectivity index (χ2n) is 7.42. The monoisotopic (exact) mass is 306 g/mol. The lowest BCUT2D eigenvalue weighted by Crippen LogP contribution is -2.41. The molecule has 3 atom stereocenters. The largest absolute Gasteiger partial charge is 0.390 e. The molecule has 0 aliphatic heterocycles. The number of hydrogen-bond donors (Lipinski definition) is 2. The second kappa shape index (κ2) is 8.69. The molecule has 126 valence electrons. The second-order valence-corrected chi connectivity index (χ2v) is 7.42. The van der Waals surface area contributed by atoms with Crippen LogP contribution in [0.25, 0.3) is 0 Å². The predicted molar refractivity (Wildman–Crippen MR) is 94.8 cm³/mol. The first-order valence-electron chi connectivity index (χ1n) is 8.59. The van der Waals surface area contributed by atoms with E-state index in [9.17, 15) is 10.2 Å². The molecule has 0 aromatic heterocycles. The minimum absolute atomic E-state index is 0.116. The molecular weight excluding hydrogens is 272 g/mol. The van der Waals surface area contributed by atoms with E-state index in [0.717, 1.165) is 32.1 Å². The van der Waals surface area contributed by atoms with Crippen molar-refractivity contribution in [1.82, 2.24) is 0 Å². The lowest BCUT2D eigenvalue weighted by molar-refractivity contribution is -0.0535. The van der Waals surface area contributed by atoms with E-state index in [4.69, 9.17) is 0 Å². The molecule has 1 rings (SSSR count). The maximum Gasteiger partial charge on any atom is 0.0779 e. The SMILES string of the molecule is CC(C)=CCCC(C)(O)C1CCC(C)=CCCC(C)=CC1O. The average Bonchev–Trinajstić information content (AvgIpc) is 2.37. The van der Waals surface area contributed by atoms with Crippen molar-refractivity contribution in [3.63, 3.8) is 0 Å². The molecule has 0 aromatic carbocycles. The molecule has 0 radical (unpaired) electrons. The van der Waals surface area contributed by atoms with Crippen LogP contribution in [0.4, 0.5) is 0 Å². The maximum atomic E-state index is 10.9. The summed E-state index contributed by atoms with van der Waals surface area (Å²) >= 11 is 0. The highest BCUT2D eigenvalue weighted by atomic mass is 16.3. The highest BCUT2D eigenvalue weighted by Gasteiger charge is 2.35. The molecule has 0 bridgehead atoms. The van der Waals surface area contributed by atoms with Crippen molar-refractivity contribution in [1.29, 1.82) is 0 Å². The van der Waals surface area contributed by atoms with Crippen LogP contribution in [0, 0.1) is 5.92 Å². The molecule has 0 heterocycles. The zero-order valence-electron chi connectivity index (χ0n) is 15.0. The van der Waals surface area contributed by atoms with Gasteiger partial charge in [-0.05, 0) is 73.1 Å². The summed E-state index contributed by atoms with van der Waals surface area (Å²) < 4.78 is 0. The zero-order valence-corrected chi connectivity index (χ0v) is 15.0. The first-order valence-corrected chi connectivity index (χ1v) is 8.59. The normalized spacial score (nSPS) is 26.5. The van der Waals surface area contributed by atoms with Crippen LogP contribution in [-0.4, -0.2) is 21.9 Å². The predicted octanol–water partition coefficient (Wildman–Crippen LogP) is 4.93. The van der Waals surface area contributed by atoms with Crippen LogP contribution < -0.4 is 0 Å². The Morgan fingerprint density at radius 3 is 2.59 bits per heavy atom. The molecular formula is C20H34O2. The summed E-state index contributed by atoms with van der Waals surface area (Å²) in [5, 5.41) is 21.6. The minimum Gasteiger partial charge on any atom is -0.390 e. The minimum atomic E-state index is -0.846. The molecule has 0 spiro atoms. The van der Waals surface area contributed by atoms with Crippen LogP contribution in [-0.2, 0) is 0 Å². The lowest BCUT2D eigenvalue weighted by atomic mass is 9.77. The van der Waals surface area contributed by atoms with Crippen LogP contribution >= 0.6 is 0 Å². The first-order chi connectivity index (χ1) is 10.2. The maximum absolute atomic E-state index is 10.9. The molecule has 3 unspecified atom stereocenters. The van der Waals surface area contributed by atoms with E-state index in [2.05, 4.69) is 39.8 Å². The van der Waals surface area contributed by atoms with E-state index >= 15 is 0 Å². The van der Waals surface area contributed by atoms with Gasteiger partial charge in [-0.25, -0.2) is 0 Å². The quantitative estimate of drug-likeness (QED) is 0.723. The van der Waals surface area contributed by atoms with Crippen LogP contribution in [0.2, 0.25) is 0 Å². The Hall–Kier alpha value is -0.860. The topological polar surface area (TPSA) is 40.5 Å². The van der Waals surface area contributed by atoms with Gasteiger partial charge in [0.05, 0.1) is 11.7 Å². The molecule has 0 aromatic rings. The van der Waals surface area contributed by atoms with Crippen molar-refractivity contribution in [3.05, 3.63) is 34.9 Å². The molecule has 1 aliphatic carbocycles. The molecule has 22 heavy (non-hydrogen) atoms. The van der Waals surface area contributed by atoms with E-state index < -0.39 is 11.7 Å². The van der Waals surface area contributed by atoms with Crippen LogP contribution in [0.5, 0.6) is 0 Å². The van der Waals surface area contributed by atoms with Gasteiger partial charge in [0.1, 0.15) is 0 Å². The van der Waals surface area contributed by atoms with Gasteiger partial charge in [0.25, 0.3) is 0 Å². The van der Waals surface area contributed by atoms with Crippen molar-refractivity contribution in [2.45, 2.75) is 84.8 Å². The van der Waals surface area contributed by atoms with Gasteiger partial charge in [0.2, 0.25) is 0 Å². The zero-order chi connectivity index (χ0) is 16.8. The Morgan fingerprint density at radius 2 is 1.95 bits per heavy atom. The summed E-state index contributed by atoms with van der Waals surface area (Å²) in [5.74, 6) is -0.116. The number of rotatable bonds is 4. The molecule has 2 N–H and O–H groups in total. The third kappa shape index (κ3) is 6.50. The van der Waals surface area contributed by atoms with Crippen LogP contribution in [0.15, 0.2) is 34.9 Å². The Balaban J connectivity index is 2.89. The van der Waals surface area contributed by atoms with Crippen molar-refractivity contribution in [2.24, 2.45) is 5.92 Å². The Labute approximate surface area is 136 Å². The van der Waals surface area contributed by atoms with Crippen LogP contribution in [0.3, 0.4) is 0 Å². The fraction of sp³-hybridized carbons (Fsp3) is 0.700.